The van der Waals surface area contributed by atoms with Gasteiger partial charge in [0.15, 0.2) is 0 Å². The zero-order valence-corrected chi connectivity index (χ0v) is 17.2. The maximum Gasteiger partial charge on any atom is 0.329 e. The van der Waals surface area contributed by atoms with E-state index in [1.54, 1.807) is 36.4 Å². The van der Waals surface area contributed by atoms with Crippen LogP contribution in [0.2, 0.25) is 0 Å². The lowest BCUT2D eigenvalue weighted by atomic mass is 10.1. The average Bonchev–Trinajstić information content (AvgIpc) is 2.76. The van der Waals surface area contributed by atoms with E-state index in [0.29, 0.717) is 23.6 Å². The summed E-state index contributed by atoms with van der Waals surface area (Å²) in [6, 6.07) is 18.7. The van der Waals surface area contributed by atoms with Crippen molar-refractivity contribution in [1.82, 2.24) is 5.43 Å². The summed E-state index contributed by atoms with van der Waals surface area (Å²) in [6.07, 6.45) is 1.42. The minimum absolute atomic E-state index is 0.290. The molecule has 3 aromatic carbocycles. The maximum absolute atomic E-state index is 12.9. The van der Waals surface area contributed by atoms with Gasteiger partial charge in [-0.15, -0.1) is 0 Å². The summed E-state index contributed by atoms with van der Waals surface area (Å²) in [7, 11) is 0. The maximum atomic E-state index is 12.9. The standard InChI is InChI=1S/C24H22FN3O3/c1-16-4-3-5-17(2)22(16)27-23(29)24(30)28-26-14-18-8-12-21(13-9-18)31-15-19-6-10-20(25)11-7-19/h3-14H,15H2,1-2H3,(H,27,29)(H,28,30)/b26-14-. The normalized spacial score (nSPS) is 10.7. The zero-order valence-electron chi connectivity index (χ0n) is 17.2. The number of carbonyl (C=O) groups excluding carboxylic acids is 2. The lowest BCUT2D eigenvalue weighted by Crippen LogP contribution is -2.32. The molecule has 0 heterocycles. The molecule has 31 heavy (non-hydrogen) atoms. The van der Waals surface area contributed by atoms with Gasteiger partial charge in [-0.05, 0) is 72.5 Å². The number of benzene rings is 3. The molecule has 0 atom stereocenters. The Kier molecular flexibility index (Phi) is 7.11. The van der Waals surface area contributed by atoms with Crippen molar-refractivity contribution in [2.45, 2.75) is 20.5 Å². The quantitative estimate of drug-likeness (QED) is 0.359. The fraction of sp³-hybridized carbons (Fsp3) is 0.125. The predicted octanol–water partition coefficient (Wildman–Crippen LogP) is 4.11. The van der Waals surface area contributed by atoms with Crippen LogP contribution in [0.5, 0.6) is 5.75 Å². The van der Waals surface area contributed by atoms with E-state index in [0.717, 1.165) is 16.7 Å². The van der Waals surface area contributed by atoms with Crippen LogP contribution in [0.25, 0.3) is 0 Å². The first-order valence-electron chi connectivity index (χ1n) is 9.60. The average molecular weight is 419 g/mol. The number of amides is 2. The monoisotopic (exact) mass is 419 g/mol. The molecule has 3 aromatic rings. The lowest BCUT2D eigenvalue weighted by molar-refractivity contribution is -0.136. The number of carbonyl (C=O) groups is 2. The van der Waals surface area contributed by atoms with Crippen LogP contribution in [0.4, 0.5) is 10.1 Å². The van der Waals surface area contributed by atoms with Gasteiger partial charge in [0.1, 0.15) is 18.2 Å². The molecule has 7 heteroatoms. The Hall–Kier alpha value is -4.00. The third kappa shape index (κ3) is 6.24. The van der Waals surface area contributed by atoms with E-state index < -0.39 is 11.8 Å². The molecule has 0 unspecified atom stereocenters. The summed E-state index contributed by atoms with van der Waals surface area (Å²) in [4.78, 5) is 24.1. The second-order valence-corrected chi connectivity index (χ2v) is 6.90. The van der Waals surface area contributed by atoms with Gasteiger partial charge in [0.25, 0.3) is 0 Å². The molecule has 2 N–H and O–H groups in total. The third-order valence-electron chi connectivity index (χ3n) is 4.50. The van der Waals surface area contributed by atoms with Gasteiger partial charge < -0.3 is 10.1 Å². The molecule has 3 rings (SSSR count). The van der Waals surface area contributed by atoms with Crippen LogP contribution < -0.4 is 15.5 Å². The molecule has 0 radical (unpaired) electrons. The lowest BCUT2D eigenvalue weighted by Gasteiger charge is -2.10. The van der Waals surface area contributed by atoms with Crippen LogP contribution >= 0.6 is 0 Å². The molecular formula is C24H22FN3O3. The van der Waals surface area contributed by atoms with Gasteiger partial charge in [-0.3, -0.25) is 9.59 Å². The second kappa shape index (κ2) is 10.2. The molecule has 0 saturated carbocycles. The topological polar surface area (TPSA) is 79.8 Å². The summed E-state index contributed by atoms with van der Waals surface area (Å²) in [5.41, 5.74) is 6.13. The van der Waals surface area contributed by atoms with E-state index in [1.165, 1.54) is 18.3 Å². The van der Waals surface area contributed by atoms with Crippen LogP contribution in [0.3, 0.4) is 0 Å². The third-order valence-corrected chi connectivity index (χ3v) is 4.50. The molecule has 158 valence electrons. The Morgan fingerprint density at radius 2 is 1.58 bits per heavy atom. The Morgan fingerprint density at radius 1 is 0.935 bits per heavy atom. The molecule has 0 aromatic heterocycles. The van der Waals surface area contributed by atoms with Gasteiger partial charge in [-0.25, -0.2) is 9.82 Å². The number of aryl methyl sites for hydroxylation is 2. The summed E-state index contributed by atoms with van der Waals surface area (Å²) in [5.74, 6) is -1.31. The largest absolute Gasteiger partial charge is 0.489 e. The Bertz CT molecular complexity index is 1070. The van der Waals surface area contributed by atoms with Gasteiger partial charge in [0, 0.05) is 5.69 Å². The van der Waals surface area contributed by atoms with Gasteiger partial charge in [-0.2, -0.15) is 5.10 Å². The molecule has 0 aliphatic rings. The van der Waals surface area contributed by atoms with Gasteiger partial charge >= 0.3 is 11.8 Å². The number of anilines is 1. The number of hydrazone groups is 1. The second-order valence-electron chi connectivity index (χ2n) is 6.90. The van der Waals surface area contributed by atoms with Crippen molar-refractivity contribution in [3.05, 3.63) is 94.8 Å². The number of nitrogens with zero attached hydrogens (tertiary/aromatic N) is 1. The Labute approximate surface area is 179 Å². The van der Waals surface area contributed by atoms with E-state index in [9.17, 15) is 14.0 Å². The Morgan fingerprint density at radius 3 is 2.23 bits per heavy atom. The highest BCUT2D eigenvalue weighted by Crippen LogP contribution is 2.19. The number of halogens is 1. The summed E-state index contributed by atoms with van der Waals surface area (Å²) >= 11 is 0. The molecular weight excluding hydrogens is 397 g/mol. The van der Waals surface area contributed by atoms with Crippen LogP contribution in [0, 0.1) is 19.7 Å². The van der Waals surface area contributed by atoms with E-state index in [4.69, 9.17) is 4.74 Å². The SMILES string of the molecule is Cc1cccc(C)c1NC(=O)C(=O)N/N=C\c1ccc(OCc2ccc(F)cc2)cc1. The van der Waals surface area contributed by atoms with Gasteiger partial charge in [-0.1, -0.05) is 30.3 Å². The van der Waals surface area contributed by atoms with Crippen LogP contribution in [0.15, 0.2) is 71.8 Å². The van der Waals surface area contributed by atoms with E-state index >= 15 is 0 Å². The summed E-state index contributed by atoms with van der Waals surface area (Å²) < 4.78 is 18.6. The fourth-order valence-corrected chi connectivity index (χ4v) is 2.80. The van der Waals surface area contributed by atoms with Crippen molar-refractivity contribution in [2.24, 2.45) is 5.10 Å². The minimum atomic E-state index is -0.863. The van der Waals surface area contributed by atoms with Crippen molar-refractivity contribution in [3.8, 4) is 5.75 Å². The number of hydrogen-bond acceptors (Lipinski definition) is 4. The van der Waals surface area contributed by atoms with Crippen molar-refractivity contribution in [2.75, 3.05) is 5.32 Å². The molecule has 0 saturated heterocycles. The smallest absolute Gasteiger partial charge is 0.329 e. The zero-order chi connectivity index (χ0) is 22.2. The number of nitrogens with one attached hydrogen (secondary N) is 2. The molecule has 0 fully saturated rings. The van der Waals surface area contributed by atoms with E-state index in [2.05, 4.69) is 15.8 Å². The van der Waals surface area contributed by atoms with Gasteiger partial charge in [0.2, 0.25) is 0 Å². The first-order valence-corrected chi connectivity index (χ1v) is 9.60. The van der Waals surface area contributed by atoms with Crippen molar-refractivity contribution in [1.29, 1.82) is 0 Å². The van der Waals surface area contributed by atoms with Crippen molar-refractivity contribution >= 4 is 23.7 Å². The van der Waals surface area contributed by atoms with Gasteiger partial charge in [0.05, 0.1) is 6.21 Å². The highest BCUT2D eigenvalue weighted by Gasteiger charge is 2.15. The van der Waals surface area contributed by atoms with Crippen LogP contribution in [-0.2, 0) is 16.2 Å². The fourth-order valence-electron chi connectivity index (χ4n) is 2.80. The molecule has 0 aliphatic heterocycles. The van der Waals surface area contributed by atoms with Crippen LogP contribution in [0.1, 0.15) is 22.3 Å². The predicted molar refractivity (Wildman–Crippen MR) is 117 cm³/mol. The van der Waals surface area contributed by atoms with Crippen LogP contribution in [-0.4, -0.2) is 18.0 Å². The first kappa shape index (κ1) is 21.7. The molecule has 0 aliphatic carbocycles. The summed E-state index contributed by atoms with van der Waals surface area (Å²) in [5, 5.41) is 6.42. The van der Waals surface area contributed by atoms with Crippen molar-refractivity contribution in [3.63, 3.8) is 0 Å². The molecule has 6 nitrogen and oxygen atoms in total. The van der Waals surface area contributed by atoms with E-state index in [1.807, 2.05) is 32.0 Å². The molecule has 0 bridgehead atoms. The van der Waals surface area contributed by atoms with E-state index in [-0.39, 0.29) is 5.82 Å². The minimum Gasteiger partial charge on any atom is -0.489 e. The highest BCUT2D eigenvalue weighted by atomic mass is 19.1. The first-order chi connectivity index (χ1) is 14.9. The Balaban J connectivity index is 1.49. The molecule has 2 amide bonds. The van der Waals surface area contributed by atoms with Crippen molar-refractivity contribution < 1.29 is 18.7 Å². The molecule has 0 spiro atoms. The number of para-hydroxylation sites is 1. The number of hydrogen-bond donors (Lipinski definition) is 2. The number of ether oxygens (including phenoxy) is 1. The highest BCUT2D eigenvalue weighted by molar-refractivity contribution is 6.39. The summed E-state index contributed by atoms with van der Waals surface area (Å²) in [6.45, 7) is 4.02. The number of rotatable bonds is 6.